The Morgan fingerprint density at radius 2 is 2.38 bits per heavy atom. The highest BCUT2D eigenvalue weighted by molar-refractivity contribution is 8.13. The minimum absolute atomic E-state index is 0.331. The number of esters is 1. The number of hydrogen-bond donors (Lipinski definition) is 1. The molecular weight excluding hydrogens is 224 g/mol. The fraction of sp³-hybridized carbons (Fsp3) is 0.273. The van der Waals surface area contributed by atoms with Crippen LogP contribution < -0.4 is 5.32 Å². The summed E-state index contributed by atoms with van der Waals surface area (Å²) in [5.41, 5.74) is 2.46. The smallest absolute Gasteiger partial charge is 0.337 e. The van der Waals surface area contributed by atoms with Crippen LogP contribution in [-0.2, 0) is 11.3 Å². The summed E-state index contributed by atoms with van der Waals surface area (Å²) in [7, 11) is 1.37. The first-order chi connectivity index (χ1) is 7.74. The number of carbonyl (C=O) groups is 1. The van der Waals surface area contributed by atoms with Gasteiger partial charge in [0.2, 0.25) is 0 Å². The zero-order valence-corrected chi connectivity index (χ0v) is 9.93. The number of methoxy groups -OCH3 is 1. The lowest BCUT2D eigenvalue weighted by Gasteiger charge is -2.16. The Labute approximate surface area is 98.1 Å². The lowest BCUT2D eigenvalue weighted by Crippen LogP contribution is -2.22. The molecule has 0 saturated carbocycles. The molecule has 0 aliphatic carbocycles. The van der Waals surface area contributed by atoms with Crippen molar-refractivity contribution in [3.05, 3.63) is 29.3 Å². The third kappa shape index (κ3) is 2.04. The quantitative estimate of drug-likeness (QED) is 0.757. The van der Waals surface area contributed by atoms with Gasteiger partial charge in [0.05, 0.1) is 18.4 Å². The number of hydrogen-bond acceptors (Lipinski definition) is 5. The van der Waals surface area contributed by atoms with Crippen LogP contribution in [0.4, 0.5) is 5.69 Å². The molecular formula is C11H12N2O2S. The summed E-state index contributed by atoms with van der Waals surface area (Å²) in [5, 5.41) is 4.05. The minimum Gasteiger partial charge on any atom is -0.465 e. The Morgan fingerprint density at radius 3 is 3.06 bits per heavy atom. The van der Waals surface area contributed by atoms with Crippen molar-refractivity contribution in [3.8, 4) is 0 Å². The van der Waals surface area contributed by atoms with Crippen LogP contribution in [-0.4, -0.2) is 24.5 Å². The van der Waals surface area contributed by atoms with Crippen molar-refractivity contribution in [1.29, 1.82) is 0 Å². The van der Waals surface area contributed by atoms with Gasteiger partial charge in [-0.2, -0.15) is 0 Å². The summed E-state index contributed by atoms with van der Waals surface area (Å²) in [4.78, 5) is 15.8. The molecule has 0 saturated heterocycles. The van der Waals surface area contributed by atoms with Crippen molar-refractivity contribution < 1.29 is 9.53 Å². The molecule has 1 aliphatic heterocycles. The number of nitrogens with zero attached hydrogens (tertiary/aromatic N) is 1. The second kappa shape index (κ2) is 4.57. The minimum atomic E-state index is -0.331. The summed E-state index contributed by atoms with van der Waals surface area (Å²) in [6.45, 7) is 0.746. The predicted molar refractivity (Wildman–Crippen MR) is 65.2 cm³/mol. The van der Waals surface area contributed by atoms with Crippen LogP contribution in [0.1, 0.15) is 15.9 Å². The largest absolute Gasteiger partial charge is 0.465 e. The van der Waals surface area contributed by atoms with Crippen molar-refractivity contribution in [2.45, 2.75) is 6.54 Å². The normalized spacial score (nSPS) is 13.5. The molecule has 0 amide bonds. The second-order valence-corrected chi connectivity index (χ2v) is 4.10. The SMILES string of the molecule is COC(=O)c1ccc2c(c1)N=C(SC)NC2. The van der Waals surface area contributed by atoms with Gasteiger partial charge in [0.15, 0.2) is 5.17 Å². The molecule has 1 aliphatic rings. The van der Waals surface area contributed by atoms with E-state index < -0.39 is 0 Å². The van der Waals surface area contributed by atoms with E-state index in [1.807, 2.05) is 12.3 Å². The molecule has 0 bridgehead atoms. The van der Waals surface area contributed by atoms with Crippen LogP contribution in [0.15, 0.2) is 23.2 Å². The van der Waals surface area contributed by atoms with Gasteiger partial charge in [-0.05, 0) is 24.0 Å². The van der Waals surface area contributed by atoms with Crippen molar-refractivity contribution in [2.75, 3.05) is 13.4 Å². The number of fused-ring (bicyclic) bond motifs is 1. The van der Waals surface area contributed by atoms with Crippen LogP contribution >= 0.6 is 11.8 Å². The molecule has 1 N–H and O–H groups in total. The van der Waals surface area contributed by atoms with Crippen LogP contribution in [0.3, 0.4) is 0 Å². The Morgan fingerprint density at radius 1 is 1.56 bits per heavy atom. The molecule has 16 heavy (non-hydrogen) atoms. The van der Waals surface area contributed by atoms with Gasteiger partial charge in [-0.15, -0.1) is 0 Å². The van der Waals surface area contributed by atoms with Crippen LogP contribution in [0, 0.1) is 0 Å². The molecule has 4 nitrogen and oxygen atoms in total. The van der Waals surface area contributed by atoms with Crippen LogP contribution in [0.25, 0.3) is 0 Å². The van der Waals surface area contributed by atoms with Gasteiger partial charge in [0, 0.05) is 6.54 Å². The Kier molecular flexibility index (Phi) is 3.14. The fourth-order valence-corrected chi connectivity index (χ4v) is 1.91. The van der Waals surface area contributed by atoms with Crippen LogP contribution in [0.5, 0.6) is 0 Å². The summed E-state index contributed by atoms with van der Waals surface area (Å²) in [6, 6.07) is 5.42. The van der Waals surface area contributed by atoms with E-state index in [2.05, 4.69) is 15.0 Å². The maximum absolute atomic E-state index is 11.4. The third-order valence-electron chi connectivity index (χ3n) is 2.35. The monoisotopic (exact) mass is 236 g/mol. The summed E-state index contributed by atoms with van der Waals surface area (Å²) >= 11 is 1.55. The van der Waals surface area contributed by atoms with Gasteiger partial charge in [-0.3, -0.25) is 0 Å². The number of benzene rings is 1. The molecule has 0 unspecified atom stereocenters. The predicted octanol–water partition coefficient (Wildman–Crippen LogP) is 1.93. The molecule has 2 rings (SSSR count). The summed E-state index contributed by atoms with van der Waals surface area (Å²) in [5.74, 6) is -0.331. The lowest BCUT2D eigenvalue weighted by molar-refractivity contribution is 0.0601. The summed E-state index contributed by atoms with van der Waals surface area (Å²) in [6.07, 6.45) is 1.96. The van der Waals surface area contributed by atoms with E-state index >= 15 is 0 Å². The van der Waals surface area contributed by atoms with E-state index in [9.17, 15) is 4.79 Å². The highest BCUT2D eigenvalue weighted by Crippen LogP contribution is 2.25. The first-order valence-electron chi connectivity index (χ1n) is 4.82. The van der Waals surface area contributed by atoms with E-state index in [1.54, 1.807) is 23.9 Å². The maximum Gasteiger partial charge on any atom is 0.337 e. The van der Waals surface area contributed by atoms with Gasteiger partial charge < -0.3 is 10.1 Å². The standard InChI is InChI=1S/C11H12N2O2S/c1-15-10(14)7-3-4-8-6-12-11(16-2)13-9(8)5-7/h3-5H,6H2,1-2H3,(H,12,13). The molecule has 1 aromatic carbocycles. The number of ether oxygens (including phenoxy) is 1. The molecule has 0 fully saturated rings. The van der Waals surface area contributed by atoms with Crippen molar-refractivity contribution in [1.82, 2.24) is 5.32 Å². The molecule has 84 valence electrons. The fourth-order valence-electron chi connectivity index (χ4n) is 1.50. The van der Waals surface area contributed by atoms with Crippen molar-refractivity contribution >= 4 is 28.6 Å². The van der Waals surface area contributed by atoms with Gasteiger partial charge >= 0.3 is 5.97 Å². The van der Waals surface area contributed by atoms with Crippen molar-refractivity contribution in [2.24, 2.45) is 4.99 Å². The number of rotatable bonds is 1. The molecule has 0 radical (unpaired) electrons. The van der Waals surface area contributed by atoms with Gasteiger partial charge in [0.25, 0.3) is 0 Å². The Bertz CT molecular complexity index is 457. The summed E-state index contributed by atoms with van der Waals surface area (Å²) < 4.78 is 4.67. The van der Waals surface area contributed by atoms with E-state index in [0.717, 1.165) is 23.0 Å². The third-order valence-corrected chi connectivity index (χ3v) is 2.97. The van der Waals surface area contributed by atoms with Gasteiger partial charge in [-0.25, -0.2) is 9.79 Å². The lowest BCUT2D eigenvalue weighted by atomic mass is 10.1. The average Bonchev–Trinajstić information content (AvgIpc) is 2.36. The highest BCUT2D eigenvalue weighted by atomic mass is 32.2. The number of amidine groups is 1. The molecule has 5 heteroatoms. The highest BCUT2D eigenvalue weighted by Gasteiger charge is 2.13. The molecule has 0 spiro atoms. The zero-order valence-electron chi connectivity index (χ0n) is 9.11. The molecule has 1 aromatic rings. The van der Waals surface area contributed by atoms with E-state index in [-0.39, 0.29) is 5.97 Å². The zero-order chi connectivity index (χ0) is 11.5. The Hall–Kier alpha value is -1.49. The van der Waals surface area contributed by atoms with Gasteiger partial charge in [-0.1, -0.05) is 17.8 Å². The van der Waals surface area contributed by atoms with E-state index in [4.69, 9.17) is 0 Å². The van der Waals surface area contributed by atoms with Crippen LogP contribution in [0.2, 0.25) is 0 Å². The number of thioether (sulfide) groups is 1. The van der Waals surface area contributed by atoms with Crippen molar-refractivity contribution in [3.63, 3.8) is 0 Å². The molecule has 1 heterocycles. The van der Waals surface area contributed by atoms with E-state index in [0.29, 0.717) is 5.56 Å². The average molecular weight is 236 g/mol. The first-order valence-corrected chi connectivity index (χ1v) is 6.05. The number of aliphatic imine (C=N–C) groups is 1. The van der Waals surface area contributed by atoms with Gasteiger partial charge in [0.1, 0.15) is 0 Å². The number of carbonyl (C=O) groups excluding carboxylic acids is 1. The maximum atomic E-state index is 11.4. The Balaban J connectivity index is 2.39. The molecule has 0 aromatic heterocycles. The van der Waals surface area contributed by atoms with E-state index in [1.165, 1.54) is 7.11 Å². The molecule has 0 atom stereocenters. The number of nitrogens with one attached hydrogen (secondary N) is 1. The second-order valence-electron chi connectivity index (χ2n) is 3.31. The first kappa shape index (κ1) is 11.0. The topological polar surface area (TPSA) is 50.7 Å².